The quantitative estimate of drug-likeness (QED) is 0.302. The standard InChI is InChI=1S/C24H25O2.C4H9.C3H6.Zr/c1-5-24(2,16-8-6-7-9-16)23-21-14-17(25-3)10-12-19(21)20-13-11-18(26-4)15-22(20)23;1-3-4-2;1-3-2;/h6-8,10-15,23H,2,5,9H2,1,3-4H3;1,3-4H2,2H3;3H,1H2,2H3;. The topological polar surface area (TPSA) is 18.5 Å². The third kappa shape index (κ3) is 3.87. The molecule has 0 saturated carbocycles. The van der Waals surface area contributed by atoms with E-state index >= 15 is 0 Å². The molecule has 1 fully saturated rings. The Morgan fingerprint density at radius 3 is 2.03 bits per heavy atom. The maximum atomic E-state index is 5.75. The van der Waals surface area contributed by atoms with Crippen LogP contribution in [-0.2, 0) is 20.3 Å². The van der Waals surface area contributed by atoms with Crippen molar-refractivity contribution in [3.8, 4) is 22.6 Å². The summed E-state index contributed by atoms with van der Waals surface area (Å²) in [6.45, 7) is 7.41. The van der Waals surface area contributed by atoms with E-state index < -0.39 is 20.3 Å². The molecule has 1 heterocycles. The number of rotatable bonds is 10. The van der Waals surface area contributed by atoms with E-state index in [1.165, 1.54) is 45.6 Å². The van der Waals surface area contributed by atoms with Gasteiger partial charge >= 0.3 is 212 Å². The summed E-state index contributed by atoms with van der Waals surface area (Å²) in [6.07, 6.45) is 12.2. The van der Waals surface area contributed by atoms with E-state index in [0.717, 1.165) is 21.5 Å². The molecule has 0 N–H and O–H groups in total. The van der Waals surface area contributed by atoms with Crippen LogP contribution in [-0.4, -0.2) is 14.2 Å². The minimum absolute atomic E-state index is 0.177. The van der Waals surface area contributed by atoms with Crippen LogP contribution in [0.3, 0.4) is 0 Å². The van der Waals surface area contributed by atoms with Crippen LogP contribution < -0.4 is 9.47 Å². The molecule has 3 heteroatoms. The van der Waals surface area contributed by atoms with E-state index in [-0.39, 0.29) is 5.41 Å². The van der Waals surface area contributed by atoms with Gasteiger partial charge in [-0.15, -0.1) is 0 Å². The molecule has 180 valence electrons. The molecule has 1 aliphatic heterocycles. The van der Waals surface area contributed by atoms with Crippen molar-refractivity contribution < 1.29 is 29.7 Å². The molecule has 34 heavy (non-hydrogen) atoms. The fourth-order valence-electron chi connectivity index (χ4n) is 7.23. The second kappa shape index (κ2) is 9.46. The van der Waals surface area contributed by atoms with Crippen LogP contribution in [0.5, 0.6) is 11.5 Å². The molecule has 0 radical (unpaired) electrons. The predicted octanol–water partition coefficient (Wildman–Crippen LogP) is 9.13. The predicted molar refractivity (Wildman–Crippen MR) is 140 cm³/mol. The Hall–Kier alpha value is -1.60. The summed E-state index contributed by atoms with van der Waals surface area (Å²) in [5.74, 6) is 2.30. The SMILES string of the molecule is CCC[CH2][Zr]1([CH2]C(CC)(C2=CC=CC2)C2c3cc(OC)ccc3-c3ccc(OC)cc32)[CH2][CH]1C. The molecule has 5 rings (SSSR count). The Balaban J connectivity index is 1.71. The molecule has 3 aliphatic rings. The number of benzene rings is 2. The average molecular weight is 536 g/mol. The van der Waals surface area contributed by atoms with Gasteiger partial charge in [0.1, 0.15) is 0 Å². The molecule has 1 saturated heterocycles. The van der Waals surface area contributed by atoms with Gasteiger partial charge in [0.25, 0.3) is 0 Å². The summed E-state index contributed by atoms with van der Waals surface area (Å²) in [4.78, 5) is 0. The zero-order chi connectivity index (χ0) is 23.9. The zero-order valence-electron chi connectivity index (χ0n) is 21.6. The molecule has 2 aromatic carbocycles. The van der Waals surface area contributed by atoms with Gasteiger partial charge in [0.05, 0.1) is 0 Å². The monoisotopic (exact) mass is 534 g/mol. The third-order valence-electron chi connectivity index (χ3n) is 9.32. The minimum atomic E-state index is -2.19. The first-order valence-electron chi connectivity index (χ1n) is 13.2. The Morgan fingerprint density at radius 1 is 0.971 bits per heavy atom. The number of ether oxygens (including phenoxy) is 2. The molecule has 3 atom stereocenters. The fourth-order valence-corrected chi connectivity index (χ4v) is 24.9. The molecule has 0 amide bonds. The third-order valence-corrected chi connectivity index (χ3v) is 23.8. The van der Waals surface area contributed by atoms with E-state index in [1.807, 2.05) is 0 Å². The van der Waals surface area contributed by atoms with Crippen molar-refractivity contribution in [3.05, 3.63) is 71.3 Å². The van der Waals surface area contributed by atoms with Gasteiger partial charge in [-0.25, -0.2) is 0 Å². The summed E-state index contributed by atoms with van der Waals surface area (Å²) in [7, 11) is 3.58. The van der Waals surface area contributed by atoms with Gasteiger partial charge in [0, 0.05) is 0 Å². The number of unbranched alkanes of at least 4 members (excludes halogenated alkanes) is 1. The Bertz CT molecular complexity index is 1080. The Labute approximate surface area is 210 Å². The van der Waals surface area contributed by atoms with Crippen LogP contribution in [0.15, 0.2) is 60.2 Å². The summed E-state index contributed by atoms with van der Waals surface area (Å²) < 4.78 is 17.1. The van der Waals surface area contributed by atoms with E-state index in [0.29, 0.717) is 5.92 Å². The van der Waals surface area contributed by atoms with E-state index in [4.69, 9.17) is 9.47 Å². The molecule has 0 aromatic heterocycles. The van der Waals surface area contributed by atoms with Crippen LogP contribution in [0.25, 0.3) is 11.1 Å². The van der Waals surface area contributed by atoms with Gasteiger partial charge in [0.15, 0.2) is 0 Å². The van der Waals surface area contributed by atoms with Crippen molar-refractivity contribution >= 4 is 0 Å². The van der Waals surface area contributed by atoms with Crippen LogP contribution in [0.2, 0.25) is 16.0 Å². The first-order chi connectivity index (χ1) is 16.5. The van der Waals surface area contributed by atoms with Crippen LogP contribution in [0, 0.1) is 5.41 Å². The zero-order valence-corrected chi connectivity index (χ0v) is 24.1. The van der Waals surface area contributed by atoms with Gasteiger partial charge < -0.3 is 0 Å². The Morgan fingerprint density at radius 2 is 1.59 bits per heavy atom. The van der Waals surface area contributed by atoms with Crippen molar-refractivity contribution in [2.75, 3.05) is 14.2 Å². The summed E-state index contributed by atoms with van der Waals surface area (Å²) in [5.41, 5.74) is 7.53. The number of methoxy groups -OCH3 is 2. The van der Waals surface area contributed by atoms with Crippen molar-refractivity contribution in [2.45, 2.75) is 68.4 Å². The molecule has 3 unspecified atom stereocenters. The Kier molecular flexibility index (Phi) is 6.71. The normalized spacial score (nSPS) is 24.4. The van der Waals surface area contributed by atoms with Crippen LogP contribution >= 0.6 is 0 Å². The van der Waals surface area contributed by atoms with E-state index in [1.54, 1.807) is 28.1 Å². The molecule has 2 nitrogen and oxygen atoms in total. The number of hydrogen-bond acceptors (Lipinski definition) is 2. The molecule has 2 aromatic rings. The van der Waals surface area contributed by atoms with Crippen molar-refractivity contribution in [1.82, 2.24) is 0 Å². The summed E-state index contributed by atoms with van der Waals surface area (Å²) >= 11 is -2.19. The molecule has 0 bridgehead atoms. The average Bonchev–Trinajstić information content (AvgIpc) is 3.23. The van der Waals surface area contributed by atoms with Gasteiger partial charge in [0.2, 0.25) is 0 Å². The van der Waals surface area contributed by atoms with Gasteiger partial charge in [-0.05, 0) is 0 Å². The molecular formula is C31H40O2Zr. The van der Waals surface area contributed by atoms with Crippen molar-refractivity contribution in [2.24, 2.45) is 5.41 Å². The van der Waals surface area contributed by atoms with Gasteiger partial charge in [-0.3, -0.25) is 0 Å². The van der Waals surface area contributed by atoms with Crippen LogP contribution in [0.1, 0.15) is 63.5 Å². The first kappa shape index (κ1) is 24.1. The number of fused-ring (bicyclic) bond motifs is 3. The van der Waals surface area contributed by atoms with Crippen LogP contribution in [0.4, 0.5) is 0 Å². The molecular weight excluding hydrogens is 496 g/mol. The number of allylic oxidation sites excluding steroid dienone is 4. The second-order valence-electron chi connectivity index (χ2n) is 10.9. The maximum absolute atomic E-state index is 5.75. The van der Waals surface area contributed by atoms with Crippen molar-refractivity contribution in [3.63, 3.8) is 0 Å². The van der Waals surface area contributed by atoms with Crippen molar-refractivity contribution in [1.29, 1.82) is 0 Å². The number of hydrogen-bond donors (Lipinski definition) is 0. The second-order valence-corrected chi connectivity index (χ2v) is 23.1. The van der Waals surface area contributed by atoms with Gasteiger partial charge in [-0.1, -0.05) is 0 Å². The summed E-state index contributed by atoms with van der Waals surface area (Å²) in [6, 6.07) is 13.5. The summed E-state index contributed by atoms with van der Waals surface area (Å²) in [5, 5.41) is 0. The van der Waals surface area contributed by atoms with Gasteiger partial charge in [-0.2, -0.15) is 0 Å². The van der Waals surface area contributed by atoms with E-state index in [9.17, 15) is 0 Å². The molecule has 0 spiro atoms. The first-order valence-corrected chi connectivity index (χ1v) is 19.9. The molecule has 2 aliphatic carbocycles. The van der Waals surface area contributed by atoms with E-state index in [2.05, 4.69) is 75.4 Å². The fraction of sp³-hybridized carbons (Fsp3) is 0.484.